The molecule has 2 aliphatic carbocycles. The number of allylic oxidation sites excluding steroid dienone is 4. The molecule has 3 aliphatic rings. The number of hydrogen-bond donors (Lipinski definition) is 1. The molecule has 0 saturated carbocycles. The Morgan fingerprint density at radius 2 is 1.17 bits per heavy atom. The Morgan fingerprint density at radius 1 is 0.550 bits per heavy atom. The number of para-hydroxylation sites is 1. The maximum Gasteiger partial charge on any atom is 0.177 e. The summed E-state index contributed by atoms with van der Waals surface area (Å²) in [7, 11) is 0. The third kappa shape index (κ3) is 5.25. The van der Waals surface area contributed by atoms with Crippen LogP contribution in [-0.4, -0.2) is 0 Å². The van der Waals surface area contributed by atoms with Gasteiger partial charge in [0, 0.05) is 16.9 Å². The topological polar surface area (TPSA) is 37.5 Å². The lowest BCUT2D eigenvalue weighted by Gasteiger charge is -2.38. The van der Waals surface area contributed by atoms with Crippen LogP contribution >= 0.6 is 0 Å². The molecule has 2 atom stereocenters. The summed E-state index contributed by atoms with van der Waals surface area (Å²) in [6.07, 6.45) is 5.51. The minimum absolute atomic E-state index is 0.133. The van der Waals surface area contributed by atoms with Gasteiger partial charge < -0.3 is 9.73 Å². The lowest BCUT2D eigenvalue weighted by atomic mass is 9.64. The maximum absolute atomic E-state index is 6.61. The van der Waals surface area contributed by atoms with E-state index in [-0.39, 0.29) is 12.1 Å². The summed E-state index contributed by atoms with van der Waals surface area (Å²) in [5.41, 5.74) is 16.1. The van der Waals surface area contributed by atoms with E-state index in [0.717, 1.165) is 45.0 Å². The van der Waals surface area contributed by atoms with Crippen LogP contribution in [0.1, 0.15) is 57.4 Å². The molecule has 3 heteroatoms. The van der Waals surface area contributed by atoms with E-state index in [9.17, 15) is 0 Å². The van der Waals surface area contributed by atoms with E-state index in [2.05, 4.69) is 206 Å². The molecule has 0 saturated heterocycles. The number of nitrogens with zero attached hydrogens (tertiary/aromatic N) is 1. The predicted molar refractivity (Wildman–Crippen MR) is 244 cm³/mol. The summed E-state index contributed by atoms with van der Waals surface area (Å²) < 4.78 is 6.61. The summed E-state index contributed by atoms with van der Waals surface area (Å²) in [6.45, 7) is 0. The summed E-state index contributed by atoms with van der Waals surface area (Å²) in [5, 5.41) is 8.25. The van der Waals surface area contributed by atoms with Gasteiger partial charge in [0.05, 0.1) is 11.1 Å². The van der Waals surface area contributed by atoms with Gasteiger partial charge in [-0.05, 0) is 97.1 Å². The Bertz CT molecular complexity index is 3270. The van der Waals surface area contributed by atoms with Gasteiger partial charge >= 0.3 is 0 Å². The van der Waals surface area contributed by atoms with Gasteiger partial charge in [0.2, 0.25) is 0 Å². The molecule has 2 heterocycles. The summed E-state index contributed by atoms with van der Waals surface area (Å²) in [6, 6.07) is 72.6. The molecule has 9 aromatic rings. The first-order valence-corrected chi connectivity index (χ1v) is 20.9. The van der Waals surface area contributed by atoms with Crippen LogP contribution in [0.5, 0.6) is 0 Å². The van der Waals surface area contributed by atoms with E-state index in [4.69, 9.17) is 9.41 Å². The second-order valence-electron chi connectivity index (χ2n) is 16.2. The number of furan rings is 1. The maximum atomic E-state index is 6.61. The van der Waals surface area contributed by atoms with Crippen molar-refractivity contribution in [2.75, 3.05) is 0 Å². The molecule has 0 bridgehead atoms. The molecule has 0 spiro atoms. The molecule has 1 N–H and O–H groups in total. The zero-order valence-corrected chi connectivity index (χ0v) is 32.9. The van der Waals surface area contributed by atoms with E-state index >= 15 is 0 Å². The first-order chi connectivity index (χ1) is 29.8. The van der Waals surface area contributed by atoms with Gasteiger partial charge in [0.25, 0.3) is 0 Å². The van der Waals surface area contributed by atoms with Gasteiger partial charge in [-0.1, -0.05) is 188 Å². The summed E-state index contributed by atoms with van der Waals surface area (Å²) in [5.74, 6) is 0.133. The fraction of sp³-hybridized carbons (Fsp3) is 0.0702. The quantitative estimate of drug-likeness (QED) is 0.183. The normalized spacial score (nSPS) is 17.5. The van der Waals surface area contributed by atoms with Crippen LogP contribution in [0.25, 0.3) is 44.1 Å². The van der Waals surface area contributed by atoms with Crippen LogP contribution in [0, 0.1) is 0 Å². The van der Waals surface area contributed by atoms with Crippen molar-refractivity contribution < 1.29 is 4.42 Å². The second kappa shape index (κ2) is 13.8. The Labute approximate surface area is 349 Å². The number of nitrogens with one attached hydrogen (secondary N) is 1. The zero-order valence-electron chi connectivity index (χ0n) is 32.9. The molecule has 3 nitrogen and oxygen atoms in total. The van der Waals surface area contributed by atoms with Crippen molar-refractivity contribution in [3.63, 3.8) is 0 Å². The molecule has 1 aromatic heterocycles. The minimum Gasteiger partial charge on any atom is -0.452 e. The van der Waals surface area contributed by atoms with Crippen molar-refractivity contribution in [2.24, 2.45) is 4.99 Å². The highest BCUT2D eigenvalue weighted by molar-refractivity contribution is 6.08. The molecule has 8 aromatic carbocycles. The average molecular weight is 769 g/mol. The Balaban J connectivity index is 1.06. The highest BCUT2D eigenvalue weighted by Crippen LogP contribution is 2.61. The van der Waals surface area contributed by atoms with Crippen molar-refractivity contribution in [3.05, 3.63) is 268 Å². The monoisotopic (exact) mass is 768 g/mol. The minimum atomic E-state index is -0.505. The van der Waals surface area contributed by atoms with Crippen LogP contribution < -0.4 is 16.1 Å². The van der Waals surface area contributed by atoms with E-state index in [0.29, 0.717) is 0 Å². The van der Waals surface area contributed by atoms with Gasteiger partial charge in [-0.15, -0.1) is 0 Å². The van der Waals surface area contributed by atoms with E-state index in [1.54, 1.807) is 0 Å². The number of hydrogen-bond acceptors (Lipinski definition) is 3. The number of benzene rings is 8. The Hall–Kier alpha value is -7.49. The van der Waals surface area contributed by atoms with E-state index in [1.807, 2.05) is 12.1 Å². The van der Waals surface area contributed by atoms with Crippen LogP contribution in [0.2, 0.25) is 0 Å². The molecule has 0 fully saturated rings. The second-order valence-corrected chi connectivity index (χ2v) is 16.2. The highest BCUT2D eigenvalue weighted by Gasteiger charge is 2.49. The smallest absolute Gasteiger partial charge is 0.177 e. The first-order valence-electron chi connectivity index (χ1n) is 20.9. The predicted octanol–water partition coefficient (Wildman–Crippen LogP) is 12.2. The molecule has 12 rings (SSSR count). The molecule has 1 aliphatic heterocycles. The van der Waals surface area contributed by atoms with E-state index < -0.39 is 5.41 Å². The number of rotatable bonds is 6. The van der Waals surface area contributed by atoms with Gasteiger partial charge in [-0.2, -0.15) is 0 Å². The molecular weight excluding hydrogens is 729 g/mol. The third-order valence-corrected chi connectivity index (χ3v) is 13.0. The van der Waals surface area contributed by atoms with Crippen molar-refractivity contribution in [1.29, 1.82) is 0 Å². The third-order valence-electron chi connectivity index (χ3n) is 13.0. The average Bonchev–Trinajstić information content (AvgIpc) is 3.85. The molecular formula is C57H40N2O. The molecule has 284 valence electrons. The lowest BCUT2D eigenvalue weighted by Crippen LogP contribution is -2.38. The van der Waals surface area contributed by atoms with Crippen molar-refractivity contribution in [1.82, 2.24) is 5.32 Å². The Morgan fingerprint density at radius 3 is 1.92 bits per heavy atom. The molecule has 0 radical (unpaired) electrons. The standard InChI is InChI=1S/C57H40N2O/c1-5-18-37(19-6-1)51-45-29-14-13-22-41(45)36-49-52(51)46-33-32-40(35-48(46)57(49,43-25-9-3-10-26-43)44-27-11-4-12-28-44)39-23-17-24-42(34-39)53-55-54(47-30-15-16-31-50(47)60-55)59-56(58-53)38-20-7-2-8-21-38/h1-34,36,40,56,58H,35H2. The van der Waals surface area contributed by atoms with Crippen molar-refractivity contribution in [3.8, 4) is 11.1 Å². The first kappa shape index (κ1) is 34.5. The fourth-order valence-corrected chi connectivity index (χ4v) is 10.3. The number of fused-ring (bicyclic) bond motifs is 6. The van der Waals surface area contributed by atoms with Gasteiger partial charge in [0.15, 0.2) is 5.42 Å². The van der Waals surface area contributed by atoms with Gasteiger partial charge in [-0.25, -0.2) is 0 Å². The molecule has 60 heavy (non-hydrogen) atoms. The van der Waals surface area contributed by atoms with Gasteiger partial charge in [-0.3, -0.25) is 4.99 Å². The van der Waals surface area contributed by atoms with E-state index in [1.165, 1.54) is 60.9 Å². The summed E-state index contributed by atoms with van der Waals surface area (Å²) >= 11 is 0. The molecule has 0 amide bonds. The molecule has 2 unspecified atom stereocenters. The van der Waals surface area contributed by atoms with Crippen LogP contribution in [0.3, 0.4) is 0 Å². The zero-order chi connectivity index (χ0) is 39.6. The lowest BCUT2D eigenvalue weighted by molar-refractivity contribution is 0.535. The fourth-order valence-electron chi connectivity index (χ4n) is 10.3. The van der Waals surface area contributed by atoms with Crippen LogP contribution in [0.15, 0.2) is 227 Å². The van der Waals surface area contributed by atoms with Gasteiger partial charge in [0.1, 0.15) is 17.1 Å². The van der Waals surface area contributed by atoms with Crippen LogP contribution in [0.4, 0.5) is 0 Å². The van der Waals surface area contributed by atoms with Crippen LogP contribution in [-0.2, 0) is 5.41 Å². The van der Waals surface area contributed by atoms with Crippen molar-refractivity contribution in [2.45, 2.75) is 23.9 Å². The largest absolute Gasteiger partial charge is 0.452 e. The SMILES string of the molecule is C1=CC(c2cccc(C3=c4oc5ccccc5c4=NC(c4ccccc4)N3)c2)CC2=C1c1c(cc3ccccc3c1-c1ccccc1)C2(c1ccccc1)c1ccccc1. The summed E-state index contributed by atoms with van der Waals surface area (Å²) in [4.78, 5) is 5.23. The van der Waals surface area contributed by atoms with Crippen molar-refractivity contribution >= 4 is 33.0 Å². The highest BCUT2D eigenvalue weighted by atomic mass is 16.3. The Kier molecular flexibility index (Phi) is 7.96.